The number of nitrogens with zero attached hydrogens (tertiary/aromatic N) is 1. The molecule has 0 spiro atoms. The summed E-state index contributed by atoms with van der Waals surface area (Å²) in [5.41, 5.74) is -0.161. The van der Waals surface area contributed by atoms with Gasteiger partial charge in [0.2, 0.25) is 0 Å². The number of likely N-dealkylation sites (N-methyl/N-ethyl adjacent to an activating group) is 1. The maximum absolute atomic E-state index is 5.61. The number of ether oxygens (including phenoxy) is 1. The van der Waals surface area contributed by atoms with E-state index in [-0.39, 0.29) is 5.60 Å². The molecule has 1 fully saturated rings. The summed E-state index contributed by atoms with van der Waals surface area (Å²) < 4.78 is 5.61. The Hall–Kier alpha value is -0.700. The third kappa shape index (κ3) is 4.56. The van der Waals surface area contributed by atoms with Crippen molar-refractivity contribution in [2.24, 2.45) is 0 Å². The Labute approximate surface area is 93.5 Å². The predicted octanol–water partition coefficient (Wildman–Crippen LogP) is 1.96. The zero-order valence-electron chi connectivity index (χ0n) is 10.5. The van der Waals surface area contributed by atoms with Gasteiger partial charge in [-0.2, -0.15) is 0 Å². The van der Waals surface area contributed by atoms with Gasteiger partial charge in [0.05, 0.1) is 0 Å². The van der Waals surface area contributed by atoms with Crippen LogP contribution in [-0.4, -0.2) is 36.7 Å². The molecule has 1 aliphatic rings. The molecule has 0 aliphatic carbocycles. The maximum atomic E-state index is 5.61. The molecule has 1 heterocycles. The fourth-order valence-corrected chi connectivity index (χ4v) is 1.87. The van der Waals surface area contributed by atoms with Crippen molar-refractivity contribution in [2.45, 2.75) is 45.3 Å². The minimum Gasteiger partial charge on any atom is -0.474 e. The molecule has 1 atom stereocenters. The van der Waals surface area contributed by atoms with Crippen molar-refractivity contribution in [3.8, 4) is 0 Å². The molecule has 0 bridgehead atoms. The first-order valence-corrected chi connectivity index (χ1v) is 5.70. The minimum atomic E-state index is -0.161. The number of hydrogen-bond donors (Lipinski definition) is 1. The van der Waals surface area contributed by atoms with Crippen molar-refractivity contribution in [1.29, 1.82) is 0 Å². The monoisotopic (exact) mass is 212 g/mol. The van der Waals surface area contributed by atoms with Crippen molar-refractivity contribution in [3.05, 3.63) is 12.5 Å². The van der Waals surface area contributed by atoms with Gasteiger partial charge in [0.15, 0.2) is 5.88 Å². The van der Waals surface area contributed by atoms with E-state index in [9.17, 15) is 0 Å². The van der Waals surface area contributed by atoms with E-state index < -0.39 is 0 Å². The van der Waals surface area contributed by atoms with Crippen LogP contribution in [0.4, 0.5) is 0 Å². The maximum Gasteiger partial charge on any atom is 0.179 e. The van der Waals surface area contributed by atoms with Crippen molar-refractivity contribution >= 4 is 0 Å². The first-order valence-electron chi connectivity index (χ1n) is 5.70. The van der Waals surface area contributed by atoms with Crippen LogP contribution in [0, 0.1) is 0 Å². The highest BCUT2D eigenvalue weighted by molar-refractivity contribution is 4.87. The van der Waals surface area contributed by atoms with Gasteiger partial charge in [0.25, 0.3) is 0 Å². The van der Waals surface area contributed by atoms with Crippen LogP contribution in [0.5, 0.6) is 0 Å². The van der Waals surface area contributed by atoms with Gasteiger partial charge < -0.3 is 15.0 Å². The van der Waals surface area contributed by atoms with E-state index in [1.807, 2.05) is 20.8 Å². The summed E-state index contributed by atoms with van der Waals surface area (Å²) in [7, 11) is 2.17. The van der Waals surface area contributed by atoms with Crippen LogP contribution < -0.4 is 5.32 Å². The lowest BCUT2D eigenvalue weighted by Crippen LogP contribution is -2.36. The molecule has 1 aliphatic heterocycles. The fraction of sp³-hybridized carbons (Fsp3) is 0.833. The SMILES string of the molecule is C=C(NC[C@@H]1CCCN1C)OC(C)(C)C. The van der Waals surface area contributed by atoms with Gasteiger partial charge in [-0.05, 0) is 53.8 Å². The molecule has 3 nitrogen and oxygen atoms in total. The van der Waals surface area contributed by atoms with E-state index in [4.69, 9.17) is 4.74 Å². The molecular formula is C12H24N2O. The first kappa shape index (κ1) is 12.4. The second-order valence-corrected chi connectivity index (χ2v) is 5.30. The van der Waals surface area contributed by atoms with Crippen LogP contribution in [0.25, 0.3) is 0 Å². The fourth-order valence-electron chi connectivity index (χ4n) is 1.87. The Kier molecular flexibility index (Phi) is 4.03. The molecule has 15 heavy (non-hydrogen) atoms. The quantitative estimate of drug-likeness (QED) is 0.721. The Morgan fingerprint density at radius 1 is 1.53 bits per heavy atom. The average Bonchev–Trinajstić information content (AvgIpc) is 2.44. The van der Waals surface area contributed by atoms with E-state index in [2.05, 4.69) is 23.8 Å². The molecule has 3 heteroatoms. The lowest BCUT2D eigenvalue weighted by molar-refractivity contribution is 0.0401. The summed E-state index contributed by atoms with van der Waals surface area (Å²) in [6, 6.07) is 0.630. The average molecular weight is 212 g/mol. The lowest BCUT2D eigenvalue weighted by Gasteiger charge is -2.26. The summed E-state index contributed by atoms with van der Waals surface area (Å²) >= 11 is 0. The van der Waals surface area contributed by atoms with Crippen molar-refractivity contribution in [2.75, 3.05) is 20.1 Å². The first-order chi connectivity index (χ1) is 6.88. The van der Waals surface area contributed by atoms with Crippen LogP contribution in [0.3, 0.4) is 0 Å². The van der Waals surface area contributed by atoms with E-state index in [0.29, 0.717) is 11.9 Å². The van der Waals surface area contributed by atoms with Crippen molar-refractivity contribution < 1.29 is 4.74 Å². The van der Waals surface area contributed by atoms with E-state index >= 15 is 0 Å². The number of nitrogens with one attached hydrogen (secondary N) is 1. The minimum absolute atomic E-state index is 0.161. The Morgan fingerprint density at radius 3 is 2.67 bits per heavy atom. The molecule has 1 saturated heterocycles. The van der Waals surface area contributed by atoms with Gasteiger partial charge in [-0.1, -0.05) is 0 Å². The Morgan fingerprint density at radius 2 is 2.20 bits per heavy atom. The molecule has 0 aromatic carbocycles. The van der Waals surface area contributed by atoms with Gasteiger partial charge >= 0.3 is 0 Å². The molecule has 0 unspecified atom stereocenters. The summed E-state index contributed by atoms with van der Waals surface area (Å²) in [5, 5.41) is 3.25. The van der Waals surface area contributed by atoms with Crippen LogP contribution in [0.15, 0.2) is 12.5 Å². The summed E-state index contributed by atoms with van der Waals surface area (Å²) in [6.45, 7) is 12.1. The summed E-state index contributed by atoms with van der Waals surface area (Å²) in [6.07, 6.45) is 2.57. The number of hydrogen-bond acceptors (Lipinski definition) is 3. The topological polar surface area (TPSA) is 24.5 Å². The molecule has 0 aromatic heterocycles. The van der Waals surface area contributed by atoms with Crippen LogP contribution in [0.2, 0.25) is 0 Å². The Bertz CT molecular complexity index is 220. The standard InChI is InChI=1S/C12H24N2O/c1-10(15-12(2,3)4)13-9-11-7-6-8-14(11)5/h11,13H,1,6-9H2,2-5H3/t11-/m0/s1. The van der Waals surface area contributed by atoms with Crippen LogP contribution >= 0.6 is 0 Å². The van der Waals surface area contributed by atoms with Gasteiger partial charge in [-0.15, -0.1) is 0 Å². The second kappa shape index (κ2) is 4.88. The highest BCUT2D eigenvalue weighted by Gasteiger charge is 2.21. The van der Waals surface area contributed by atoms with E-state index in [1.54, 1.807) is 0 Å². The van der Waals surface area contributed by atoms with Gasteiger partial charge in [-0.3, -0.25) is 0 Å². The highest BCUT2D eigenvalue weighted by Crippen LogP contribution is 2.15. The number of likely N-dealkylation sites (tertiary alicyclic amines) is 1. The molecule has 0 saturated carbocycles. The summed E-state index contributed by atoms with van der Waals surface area (Å²) in [5.74, 6) is 0.683. The zero-order valence-corrected chi connectivity index (χ0v) is 10.5. The molecular weight excluding hydrogens is 188 g/mol. The molecule has 0 aromatic rings. The van der Waals surface area contributed by atoms with Gasteiger partial charge in [0, 0.05) is 12.6 Å². The largest absolute Gasteiger partial charge is 0.474 e. The normalized spacial score (nSPS) is 22.8. The van der Waals surface area contributed by atoms with Crippen molar-refractivity contribution in [3.63, 3.8) is 0 Å². The van der Waals surface area contributed by atoms with Gasteiger partial charge in [-0.25, -0.2) is 0 Å². The molecule has 1 rings (SSSR count). The van der Waals surface area contributed by atoms with Gasteiger partial charge in [0.1, 0.15) is 5.60 Å². The van der Waals surface area contributed by atoms with E-state index in [1.165, 1.54) is 19.4 Å². The van der Waals surface area contributed by atoms with E-state index in [0.717, 1.165) is 6.54 Å². The summed E-state index contributed by atoms with van der Waals surface area (Å²) in [4.78, 5) is 2.39. The van der Waals surface area contributed by atoms with Crippen LogP contribution in [-0.2, 0) is 4.74 Å². The number of rotatable bonds is 4. The molecule has 0 amide bonds. The third-order valence-corrected chi connectivity index (χ3v) is 2.64. The molecule has 1 N–H and O–H groups in total. The molecule has 88 valence electrons. The zero-order chi connectivity index (χ0) is 11.5. The second-order valence-electron chi connectivity index (χ2n) is 5.30. The van der Waals surface area contributed by atoms with Crippen molar-refractivity contribution in [1.82, 2.24) is 10.2 Å². The Balaban J connectivity index is 2.22. The lowest BCUT2D eigenvalue weighted by atomic mass is 10.2. The predicted molar refractivity (Wildman–Crippen MR) is 63.6 cm³/mol. The molecule has 0 radical (unpaired) electrons. The van der Waals surface area contributed by atoms with Crippen LogP contribution in [0.1, 0.15) is 33.6 Å². The highest BCUT2D eigenvalue weighted by atomic mass is 16.5. The third-order valence-electron chi connectivity index (χ3n) is 2.64. The smallest absolute Gasteiger partial charge is 0.179 e.